The first-order chi connectivity index (χ1) is 11.9. The molecule has 11 nitrogen and oxygen atoms in total. The van der Waals surface area contributed by atoms with Gasteiger partial charge in [-0.05, 0) is 0 Å². The van der Waals surface area contributed by atoms with Crippen LogP contribution in [0.4, 0.5) is 0 Å². The fourth-order valence-electron chi connectivity index (χ4n) is 2.31. The predicted molar refractivity (Wildman–Crippen MR) is 85.3 cm³/mol. The third-order valence-corrected chi connectivity index (χ3v) is 4.13. The summed E-state index contributed by atoms with van der Waals surface area (Å²) in [6.45, 7) is 3.27. The molecular formula is C14H22NO10P. The summed E-state index contributed by atoms with van der Waals surface area (Å²) in [4.78, 5) is 52.2. The van der Waals surface area contributed by atoms with E-state index in [4.69, 9.17) is 24.7 Å². The third kappa shape index (κ3) is 6.75. The molecule has 1 aliphatic rings. The van der Waals surface area contributed by atoms with Gasteiger partial charge in [0.1, 0.15) is 12.2 Å². The molecular weight excluding hydrogens is 373 g/mol. The van der Waals surface area contributed by atoms with Crippen molar-refractivity contribution in [2.45, 2.75) is 51.5 Å². The first-order valence-electron chi connectivity index (χ1n) is 7.59. The first kappa shape index (κ1) is 22.1. The van der Waals surface area contributed by atoms with Crippen molar-refractivity contribution in [1.29, 1.82) is 0 Å². The van der Waals surface area contributed by atoms with Gasteiger partial charge in [-0.3, -0.25) is 18.9 Å². The molecule has 0 spiro atoms. The molecule has 4 atom stereocenters. The fourth-order valence-corrected chi connectivity index (χ4v) is 2.91. The van der Waals surface area contributed by atoms with E-state index >= 15 is 0 Å². The predicted octanol–water partition coefficient (Wildman–Crippen LogP) is -0.452. The van der Waals surface area contributed by atoms with Crippen LogP contribution in [0.25, 0.3) is 0 Å². The van der Waals surface area contributed by atoms with Crippen LogP contribution < -0.4 is 5.73 Å². The van der Waals surface area contributed by atoms with Gasteiger partial charge in [-0.1, -0.05) is 0 Å². The Balaban J connectivity index is 3.11. The van der Waals surface area contributed by atoms with Gasteiger partial charge < -0.3 is 34.5 Å². The molecule has 148 valence electrons. The van der Waals surface area contributed by atoms with Gasteiger partial charge in [0.25, 0.3) is 0 Å². The van der Waals surface area contributed by atoms with Crippen LogP contribution in [0.5, 0.6) is 0 Å². The Morgan fingerprint density at radius 2 is 1.85 bits per heavy atom. The second-order valence-corrected chi connectivity index (χ2v) is 7.09. The molecule has 1 aliphatic heterocycles. The highest BCUT2D eigenvalue weighted by molar-refractivity contribution is 7.56. The monoisotopic (exact) mass is 395 g/mol. The van der Waals surface area contributed by atoms with E-state index in [0.717, 1.165) is 19.9 Å². The standard InChI is InChI=1S/C14H22NO10P/c1-7(16)22-5-4-10(23-8(2)17)14-13(15)11(24-9(3)18)6-12(25-14)26(19,20)21/h6,10-11,13-14H,4-5,15H2,1-3H3,(H2,19,20,21)/t10-,11+,13-,14+/m1/s1. The summed E-state index contributed by atoms with van der Waals surface area (Å²) in [5.74, 6) is -1.99. The van der Waals surface area contributed by atoms with Gasteiger partial charge in [0.2, 0.25) is 5.50 Å². The minimum Gasteiger partial charge on any atom is -0.477 e. The van der Waals surface area contributed by atoms with Gasteiger partial charge in [-0.25, -0.2) is 0 Å². The van der Waals surface area contributed by atoms with Crippen LogP contribution in [0, 0.1) is 0 Å². The zero-order valence-electron chi connectivity index (χ0n) is 14.5. The molecule has 0 bridgehead atoms. The van der Waals surface area contributed by atoms with E-state index in [1.807, 2.05) is 0 Å². The fraction of sp³-hybridized carbons (Fsp3) is 0.643. The Hall–Kier alpha value is -1.94. The van der Waals surface area contributed by atoms with Crippen LogP contribution in [0.15, 0.2) is 11.6 Å². The Morgan fingerprint density at radius 1 is 1.23 bits per heavy atom. The zero-order chi connectivity index (χ0) is 20.1. The van der Waals surface area contributed by atoms with Crippen molar-refractivity contribution in [3.8, 4) is 0 Å². The molecule has 1 rings (SSSR count). The number of esters is 3. The van der Waals surface area contributed by atoms with Gasteiger partial charge >= 0.3 is 25.5 Å². The second-order valence-electron chi connectivity index (χ2n) is 5.56. The van der Waals surface area contributed by atoms with Crippen molar-refractivity contribution >= 4 is 25.5 Å². The zero-order valence-corrected chi connectivity index (χ0v) is 15.4. The summed E-state index contributed by atoms with van der Waals surface area (Å²) in [6.07, 6.45) is -2.68. The van der Waals surface area contributed by atoms with Crippen molar-refractivity contribution in [2.24, 2.45) is 5.73 Å². The minimum absolute atomic E-state index is 0.0429. The van der Waals surface area contributed by atoms with E-state index in [-0.39, 0.29) is 13.0 Å². The van der Waals surface area contributed by atoms with Crippen LogP contribution in [-0.4, -0.2) is 58.7 Å². The summed E-state index contributed by atoms with van der Waals surface area (Å²) in [6, 6.07) is -1.09. The van der Waals surface area contributed by atoms with Crippen molar-refractivity contribution in [1.82, 2.24) is 0 Å². The SMILES string of the molecule is CC(=O)OCC[C@@H](OC(C)=O)[C@@H]1OC(P(=O)(O)O)=C[C@H](OC(C)=O)[C@H]1N. The second kappa shape index (κ2) is 9.13. The van der Waals surface area contributed by atoms with Crippen molar-refractivity contribution < 1.29 is 47.7 Å². The molecule has 26 heavy (non-hydrogen) atoms. The Kier molecular flexibility index (Phi) is 7.76. The molecule has 0 aromatic carbocycles. The molecule has 0 saturated carbocycles. The maximum Gasteiger partial charge on any atom is 0.390 e. The number of rotatable bonds is 7. The molecule has 4 N–H and O–H groups in total. The Bertz CT molecular complexity index is 627. The van der Waals surface area contributed by atoms with Crippen LogP contribution in [-0.2, 0) is 37.9 Å². The van der Waals surface area contributed by atoms with E-state index in [0.29, 0.717) is 0 Å². The van der Waals surface area contributed by atoms with Gasteiger partial charge in [-0.2, -0.15) is 0 Å². The average Bonchev–Trinajstić information content (AvgIpc) is 2.46. The van der Waals surface area contributed by atoms with Crippen molar-refractivity contribution in [3.63, 3.8) is 0 Å². The van der Waals surface area contributed by atoms with Crippen LogP contribution >= 0.6 is 7.60 Å². The largest absolute Gasteiger partial charge is 0.477 e. The summed E-state index contributed by atoms with van der Waals surface area (Å²) < 4.78 is 31.7. The molecule has 0 amide bonds. The number of hydrogen-bond acceptors (Lipinski definition) is 9. The normalized spacial score (nSPS) is 23.9. The minimum atomic E-state index is -4.84. The molecule has 0 unspecified atom stereocenters. The summed E-state index contributed by atoms with van der Waals surface area (Å²) in [7, 11) is -4.84. The molecule has 1 heterocycles. The summed E-state index contributed by atoms with van der Waals surface area (Å²) in [5.41, 5.74) is 5.24. The van der Waals surface area contributed by atoms with Gasteiger partial charge in [-0.15, -0.1) is 0 Å². The summed E-state index contributed by atoms with van der Waals surface area (Å²) in [5, 5.41) is 0. The lowest BCUT2D eigenvalue weighted by Gasteiger charge is -2.38. The lowest BCUT2D eigenvalue weighted by atomic mass is 9.97. The number of hydrogen-bond donors (Lipinski definition) is 3. The number of nitrogens with two attached hydrogens (primary N) is 1. The molecule has 0 saturated heterocycles. The van der Waals surface area contributed by atoms with Crippen molar-refractivity contribution in [2.75, 3.05) is 6.61 Å². The highest BCUT2D eigenvalue weighted by atomic mass is 31.2. The Labute approximate surface area is 149 Å². The van der Waals surface area contributed by atoms with Crippen LogP contribution in [0.3, 0.4) is 0 Å². The number of carbonyl (C=O) groups is 3. The van der Waals surface area contributed by atoms with Gasteiger partial charge in [0, 0.05) is 33.3 Å². The van der Waals surface area contributed by atoms with E-state index in [2.05, 4.69) is 0 Å². The highest BCUT2D eigenvalue weighted by Crippen LogP contribution is 2.48. The van der Waals surface area contributed by atoms with Crippen molar-refractivity contribution in [3.05, 3.63) is 11.6 Å². The molecule has 0 radical (unpaired) electrons. The van der Waals surface area contributed by atoms with Crippen LogP contribution in [0.2, 0.25) is 0 Å². The number of ether oxygens (including phenoxy) is 4. The highest BCUT2D eigenvalue weighted by Gasteiger charge is 2.44. The third-order valence-electron chi connectivity index (χ3n) is 3.30. The lowest BCUT2D eigenvalue weighted by Crippen LogP contribution is -2.55. The summed E-state index contributed by atoms with van der Waals surface area (Å²) >= 11 is 0. The van der Waals surface area contributed by atoms with E-state index < -0.39 is 55.4 Å². The quantitative estimate of drug-likeness (QED) is 0.289. The maximum absolute atomic E-state index is 11.6. The Morgan fingerprint density at radius 3 is 2.31 bits per heavy atom. The molecule has 0 fully saturated rings. The average molecular weight is 395 g/mol. The van der Waals surface area contributed by atoms with E-state index in [1.165, 1.54) is 6.92 Å². The molecule has 0 aromatic rings. The molecule has 12 heteroatoms. The number of carbonyl (C=O) groups excluding carboxylic acids is 3. The molecule has 0 aliphatic carbocycles. The maximum atomic E-state index is 11.6. The first-order valence-corrected chi connectivity index (χ1v) is 9.21. The topological polar surface area (TPSA) is 172 Å². The molecule has 0 aromatic heterocycles. The van der Waals surface area contributed by atoms with E-state index in [1.54, 1.807) is 0 Å². The smallest absolute Gasteiger partial charge is 0.390 e. The van der Waals surface area contributed by atoms with Gasteiger partial charge in [0.15, 0.2) is 6.10 Å². The van der Waals surface area contributed by atoms with Gasteiger partial charge in [0.05, 0.1) is 12.6 Å². The lowest BCUT2D eigenvalue weighted by molar-refractivity contribution is -0.163. The van der Waals surface area contributed by atoms with E-state index in [9.17, 15) is 28.7 Å². The van der Waals surface area contributed by atoms with Crippen LogP contribution in [0.1, 0.15) is 27.2 Å².